The second kappa shape index (κ2) is 12.0. The minimum absolute atomic E-state index is 0.00245. The number of nitrogens with zero attached hydrogens (tertiary/aromatic N) is 4. The Balaban J connectivity index is 1.74. The van der Waals surface area contributed by atoms with Crippen LogP contribution in [0.25, 0.3) is 16.6 Å². The molecule has 0 saturated heterocycles. The van der Waals surface area contributed by atoms with Crippen LogP contribution in [-0.4, -0.2) is 45.1 Å². The lowest BCUT2D eigenvalue weighted by Crippen LogP contribution is -2.41. The quantitative estimate of drug-likeness (QED) is 0.250. The fourth-order valence-electron chi connectivity index (χ4n) is 5.09. The maximum Gasteiger partial charge on any atom is 0.336 e. The first kappa shape index (κ1) is 30.6. The summed E-state index contributed by atoms with van der Waals surface area (Å²) in [5, 5.41) is 5.49. The minimum atomic E-state index is -0.707. The maximum absolute atomic E-state index is 14.9. The zero-order valence-corrected chi connectivity index (χ0v) is 26.3. The number of nitrogens with one attached hydrogen (secondary N) is 2. The molecule has 2 N–H and O–H groups in total. The SMILES string of the molecule is Cc1c(=O)n(C)c(Nc2ccc(I)cc2F)c2c(=O)n(C3CC3)c(=O)n(-c3ccc(F)c(NC(=O)CCCN(C)C)c3)c12. The molecule has 1 amide bonds. The molecule has 13 heteroatoms. The molecule has 0 atom stereocenters. The number of hydrogen-bond donors (Lipinski definition) is 2. The number of anilines is 3. The summed E-state index contributed by atoms with van der Waals surface area (Å²) in [7, 11) is 5.23. The molecule has 1 aliphatic rings. The molecule has 1 saturated carbocycles. The van der Waals surface area contributed by atoms with E-state index in [2.05, 4.69) is 10.6 Å². The van der Waals surface area contributed by atoms with Crippen LogP contribution >= 0.6 is 22.6 Å². The molecular formula is C30H31F2IN6O4. The number of halogens is 3. The maximum atomic E-state index is 14.9. The van der Waals surface area contributed by atoms with Crippen molar-refractivity contribution in [1.29, 1.82) is 0 Å². The molecule has 2 aromatic heterocycles. The summed E-state index contributed by atoms with van der Waals surface area (Å²) < 4.78 is 34.0. The number of pyridine rings is 1. The Morgan fingerprint density at radius 3 is 2.40 bits per heavy atom. The topological polar surface area (TPSA) is 110 Å². The molecule has 5 rings (SSSR count). The molecule has 2 aromatic carbocycles. The predicted octanol–water partition coefficient (Wildman–Crippen LogP) is 4.40. The van der Waals surface area contributed by atoms with E-state index in [1.807, 2.05) is 41.6 Å². The first-order valence-corrected chi connectivity index (χ1v) is 14.8. The number of aromatic nitrogens is 3. The molecule has 226 valence electrons. The van der Waals surface area contributed by atoms with Crippen molar-refractivity contribution in [2.45, 2.75) is 38.6 Å². The van der Waals surface area contributed by atoms with Crippen LogP contribution in [0.3, 0.4) is 0 Å². The van der Waals surface area contributed by atoms with Crippen LogP contribution in [0.5, 0.6) is 0 Å². The average Bonchev–Trinajstić information content (AvgIpc) is 3.77. The third-order valence-corrected chi connectivity index (χ3v) is 8.10. The van der Waals surface area contributed by atoms with Crippen molar-refractivity contribution in [3.8, 4) is 5.69 Å². The fourth-order valence-corrected chi connectivity index (χ4v) is 5.54. The Morgan fingerprint density at radius 2 is 1.74 bits per heavy atom. The van der Waals surface area contributed by atoms with Crippen LogP contribution in [-0.2, 0) is 11.8 Å². The van der Waals surface area contributed by atoms with Crippen LogP contribution < -0.4 is 27.4 Å². The zero-order chi connectivity index (χ0) is 31.2. The molecule has 1 fully saturated rings. The molecule has 0 unspecified atom stereocenters. The fraction of sp³-hybridized carbons (Fsp3) is 0.333. The second-order valence-electron chi connectivity index (χ2n) is 11.0. The summed E-state index contributed by atoms with van der Waals surface area (Å²) in [4.78, 5) is 55.9. The van der Waals surface area contributed by atoms with Gasteiger partial charge in [-0.05, 0) is 106 Å². The van der Waals surface area contributed by atoms with Gasteiger partial charge in [0, 0.05) is 28.6 Å². The van der Waals surface area contributed by atoms with Crippen molar-refractivity contribution in [1.82, 2.24) is 18.6 Å². The number of carbonyl (C=O) groups excluding carboxylic acids is 1. The number of amides is 1. The lowest BCUT2D eigenvalue weighted by Gasteiger charge is -2.21. The largest absolute Gasteiger partial charge is 0.338 e. The zero-order valence-electron chi connectivity index (χ0n) is 24.1. The first-order chi connectivity index (χ1) is 20.4. The van der Waals surface area contributed by atoms with Gasteiger partial charge in [0.1, 0.15) is 22.8 Å². The van der Waals surface area contributed by atoms with Gasteiger partial charge in [-0.1, -0.05) is 0 Å². The lowest BCUT2D eigenvalue weighted by atomic mass is 10.1. The highest BCUT2D eigenvalue weighted by Gasteiger charge is 2.32. The first-order valence-electron chi connectivity index (χ1n) is 13.8. The molecular weight excluding hydrogens is 673 g/mol. The van der Waals surface area contributed by atoms with E-state index in [0.717, 1.165) is 10.6 Å². The second-order valence-corrected chi connectivity index (χ2v) is 12.2. The van der Waals surface area contributed by atoms with Crippen LogP contribution in [0.2, 0.25) is 0 Å². The Bertz CT molecular complexity index is 1940. The van der Waals surface area contributed by atoms with E-state index in [9.17, 15) is 28.0 Å². The summed E-state index contributed by atoms with van der Waals surface area (Å²) in [6, 6.07) is 7.90. The standard InChI is InChI=1S/C30H31F2IN6O4/c1-16-26-25(27(37(4)28(16)41)35-22-12-7-17(33)14-21(22)32)29(42)39(18-8-9-18)30(43)38(26)19-10-11-20(31)23(15-19)34-24(40)6-5-13-36(2)3/h7,10-12,14-15,18,35H,5-6,8-9,13H2,1-4H3,(H,34,40). The van der Waals surface area contributed by atoms with E-state index in [1.54, 1.807) is 6.07 Å². The van der Waals surface area contributed by atoms with Crippen molar-refractivity contribution in [2.75, 3.05) is 31.3 Å². The van der Waals surface area contributed by atoms with E-state index in [1.165, 1.54) is 47.4 Å². The molecule has 0 aliphatic heterocycles. The third kappa shape index (κ3) is 6.00. The van der Waals surface area contributed by atoms with Gasteiger partial charge in [0.15, 0.2) is 0 Å². The Kier molecular flexibility index (Phi) is 8.56. The van der Waals surface area contributed by atoms with Gasteiger partial charge in [0.05, 0.1) is 22.6 Å². The van der Waals surface area contributed by atoms with E-state index in [-0.39, 0.29) is 51.8 Å². The van der Waals surface area contributed by atoms with E-state index in [4.69, 9.17) is 0 Å². The number of hydrogen-bond acceptors (Lipinski definition) is 6. The molecule has 0 spiro atoms. The minimum Gasteiger partial charge on any atom is -0.338 e. The number of benzene rings is 2. The third-order valence-electron chi connectivity index (χ3n) is 7.43. The summed E-state index contributed by atoms with van der Waals surface area (Å²) in [5.41, 5.74) is -1.68. The highest BCUT2D eigenvalue weighted by atomic mass is 127. The summed E-state index contributed by atoms with van der Waals surface area (Å²) >= 11 is 1.97. The van der Waals surface area contributed by atoms with Gasteiger partial charge in [0.2, 0.25) is 5.91 Å². The summed E-state index contributed by atoms with van der Waals surface area (Å²) in [6.07, 6.45) is 1.95. The Hall–Kier alpha value is -3.85. The number of rotatable bonds is 9. The van der Waals surface area contributed by atoms with Crippen LogP contribution in [0.4, 0.5) is 26.0 Å². The van der Waals surface area contributed by atoms with Gasteiger partial charge >= 0.3 is 5.69 Å². The van der Waals surface area contributed by atoms with Crippen molar-refractivity contribution >= 4 is 56.6 Å². The van der Waals surface area contributed by atoms with Crippen LogP contribution in [0.1, 0.15) is 37.3 Å². The molecule has 0 radical (unpaired) electrons. The summed E-state index contributed by atoms with van der Waals surface area (Å²) in [5.74, 6) is -1.68. The predicted molar refractivity (Wildman–Crippen MR) is 171 cm³/mol. The van der Waals surface area contributed by atoms with Gasteiger partial charge < -0.3 is 15.5 Å². The molecule has 2 heterocycles. The van der Waals surface area contributed by atoms with Gasteiger partial charge in [-0.2, -0.15) is 0 Å². The Morgan fingerprint density at radius 1 is 1.02 bits per heavy atom. The van der Waals surface area contributed by atoms with Gasteiger partial charge in [-0.15, -0.1) is 0 Å². The monoisotopic (exact) mass is 704 g/mol. The van der Waals surface area contributed by atoms with Gasteiger partial charge in [0.25, 0.3) is 11.1 Å². The smallest absolute Gasteiger partial charge is 0.336 e. The molecule has 43 heavy (non-hydrogen) atoms. The lowest BCUT2D eigenvalue weighted by molar-refractivity contribution is -0.116. The van der Waals surface area contributed by atoms with E-state index in [0.29, 0.717) is 29.4 Å². The summed E-state index contributed by atoms with van der Waals surface area (Å²) in [6.45, 7) is 2.17. The van der Waals surface area contributed by atoms with Gasteiger partial charge in [-0.3, -0.25) is 28.1 Å². The van der Waals surface area contributed by atoms with Crippen molar-refractivity contribution in [3.63, 3.8) is 0 Å². The van der Waals surface area contributed by atoms with Crippen molar-refractivity contribution < 1.29 is 13.6 Å². The van der Waals surface area contributed by atoms with Gasteiger partial charge in [-0.25, -0.2) is 13.6 Å². The number of carbonyl (C=O) groups is 1. The molecule has 4 aromatic rings. The number of aryl methyl sites for hydroxylation is 1. The normalized spacial score (nSPS) is 13.1. The van der Waals surface area contributed by atoms with E-state index < -0.39 is 34.3 Å². The molecule has 10 nitrogen and oxygen atoms in total. The van der Waals surface area contributed by atoms with E-state index >= 15 is 0 Å². The molecule has 0 bridgehead atoms. The number of fused-ring (bicyclic) bond motifs is 1. The molecule has 1 aliphatic carbocycles. The van der Waals surface area contributed by atoms with Crippen molar-refractivity contribution in [2.24, 2.45) is 7.05 Å². The van der Waals surface area contributed by atoms with Crippen LogP contribution in [0, 0.1) is 22.1 Å². The highest BCUT2D eigenvalue weighted by Crippen LogP contribution is 2.34. The van der Waals surface area contributed by atoms with Crippen molar-refractivity contribution in [3.05, 3.63) is 88.4 Å². The highest BCUT2D eigenvalue weighted by molar-refractivity contribution is 14.1. The van der Waals surface area contributed by atoms with Crippen LogP contribution in [0.15, 0.2) is 50.8 Å². The Labute approximate surface area is 259 Å². The average molecular weight is 705 g/mol.